The van der Waals surface area contributed by atoms with Crippen LogP contribution >= 0.6 is 15.9 Å². The Hall–Kier alpha value is -2.75. The average Bonchev–Trinajstić information content (AvgIpc) is 2.85. The van der Waals surface area contributed by atoms with E-state index in [1.807, 2.05) is 45.0 Å². The van der Waals surface area contributed by atoms with Gasteiger partial charge in [0, 0.05) is 42.6 Å². The highest BCUT2D eigenvalue weighted by atomic mass is 79.9. The highest BCUT2D eigenvalue weighted by Crippen LogP contribution is 2.31. The van der Waals surface area contributed by atoms with Gasteiger partial charge in [0.25, 0.3) is 0 Å². The lowest BCUT2D eigenvalue weighted by Gasteiger charge is -2.33. The third-order valence-electron chi connectivity index (χ3n) is 6.85. The quantitative estimate of drug-likeness (QED) is 0.315. The molecule has 0 unspecified atom stereocenters. The van der Waals surface area contributed by atoms with Crippen LogP contribution in [0, 0.1) is 32.5 Å². The van der Waals surface area contributed by atoms with Crippen molar-refractivity contribution in [2.75, 3.05) is 20.1 Å². The molecule has 202 valence electrons. The Labute approximate surface area is 232 Å². The van der Waals surface area contributed by atoms with Gasteiger partial charge in [-0.2, -0.15) is 4.31 Å². The molecule has 1 fully saturated rings. The van der Waals surface area contributed by atoms with Gasteiger partial charge in [-0.3, -0.25) is 4.79 Å². The summed E-state index contributed by atoms with van der Waals surface area (Å²) in [4.78, 5) is 15.2. The summed E-state index contributed by atoms with van der Waals surface area (Å²) in [7, 11) is -1.97. The number of aryl methyl sites for hydroxylation is 3. The lowest BCUT2D eigenvalue weighted by atomic mass is 9.96. The van der Waals surface area contributed by atoms with Crippen molar-refractivity contribution in [3.8, 4) is 11.5 Å². The number of carbonyl (C=O) groups is 1. The van der Waals surface area contributed by atoms with Crippen LogP contribution in [0.2, 0.25) is 0 Å². The molecule has 0 N–H and O–H groups in total. The maximum atomic E-state index is 14.1. The summed E-state index contributed by atoms with van der Waals surface area (Å²) in [6.45, 7) is 6.30. The first kappa shape index (κ1) is 28.3. The van der Waals surface area contributed by atoms with E-state index in [0.29, 0.717) is 34.8 Å². The van der Waals surface area contributed by atoms with Crippen molar-refractivity contribution in [2.45, 2.75) is 45.1 Å². The zero-order chi connectivity index (χ0) is 27.6. The molecule has 0 saturated carbocycles. The maximum Gasteiger partial charge on any atom is 0.243 e. The molecule has 1 heterocycles. The zero-order valence-corrected chi connectivity index (χ0v) is 24.4. The van der Waals surface area contributed by atoms with E-state index < -0.39 is 15.8 Å². The van der Waals surface area contributed by atoms with Crippen LogP contribution < -0.4 is 4.74 Å². The van der Waals surface area contributed by atoms with Crippen LogP contribution in [0.3, 0.4) is 0 Å². The number of carbonyl (C=O) groups excluding carboxylic acids is 1. The largest absolute Gasteiger partial charge is 0.457 e. The fraction of sp³-hybridized carbons (Fsp3) is 0.345. The van der Waals surface area contributed by atoms with Crippen LogP contribution in [0.4, 0.5) is 4.39 Å². The average molecular weight is 604 g/mol. The molecule has 6 nitrogen and oxygen atoms in total. The number of hydrogen-bond acceptors (Lipinski definition) is 4. The van der Waals surface area contributed by atoms with E-state index in [0.717, 1.165) is 21.2 Å². The van der Waals surface area contributed by atoms with Crippen molar-refractivity contribution in [1.82, 2.24) is 9.21 Å². The summed E-state index contributed by atoms with van der Waals surface area (Å²) in [5.41, 5.74) is 3.04. The zero-order valence-electron chi connectivity index (χ0n) is 22.0. The van der Waals surface area contributed by atoms with E-state index in [9.17, 15) is 17.6 Å². The molecule has 4 rings (SSSR count). The summed E-state index contributed by atoms with van der Waals surface area (Å²) < 4.78 is 49.3. The Balaban J connectivity index is 1.42. The molecular formula is C29H32BrFN2O4S. The summed E-state index contributed by atoms with van der Waals surface area (Å²) in [6.07, 6.45) is 0.857. The number of halogens is 2. The first-order chi connectivity index (χ1) is 18.0. The number of rotatable bonds is 7. The Morgan fingerprint density at radius 1 is 1.03 bits per heavy atom. The second-order valence-corrected chi connectivity index (χ2v) is 12.7. The minimum atomic E-state index is -3.65. The van der Waals surface area contributed by atoms with Gasteiger partial charge in [0.2, 0.25) is 15.9 Å². The van der Waals surface area contributed by atoms with E-state index >= 15 is 0 Å². The van der Waals surface area contributed by atoms with Gasteiger partial charge in [0.05, 0.1) is 4.90 Å². The maximum absolute atomic E-state index is 14.1. The van der Waals surface area contributed by atoms with E-state index in [4.69, 9.17) is 4.74 Å². The minimum Gasteiger partial charge on any atom is -0.457 e. The van der Waals surface area contributed by atoms with Crippen molar-refractivity contribution in [1.29, 1.82) is 0 Å². The Bertz CT molecular complexity index is 1410. The SMILES string of the molecule is Cc1cc(C)c(S(=O)(=O)N2CCC(C(=O)N(C)Cc3cc(F)ccc3Oc3ccc(Br)cc3)CC2)c(C)c1. The molecule has 1 aliphatic heterocycles. The van der Waals surface area contributed by atoms with Gasteiger partial charge in [-0.1, -0.05) is 33.6 Å². The summed E-state index contributed by atoms with van der Waals surface area (Å²) in [5, 5.41) is 0. The molecule has 0 bridgehead atoms. The molecule has 0 spiro atoms. The summed E-state index contributed by atoms with van der Waals surface area (Å²) >= 11 is 3.39. The minimum absolute atomic E-state index is 0.0939. The lowest BCUT2D eigenvalue weighted by molar-refractivity contribution is -0.135. The van der Waals surface area contributed by atoms with Gasteiger partial charge in [-0.15, -0.1) is 0 Å². The second kappa shape index (κ2) is 11.6. The standard InChI is InChI=1S/C29H32BrFN2O4S/c1-19-15-20(2)28(21(3)16-19)38(35,36)33-13-11-22(12-14-33)29(34)32(4)18-23-17-25(31)7-10-27(23)37-26-8-5-24(30)6-9-26/h5-10,15-17,22H,11-14,18H2,1-4H3. The predicted molar refractivity (Wildman–Crippen MR) is 149 cm³/mol. The van der Waals surface area contributed by atoms with Crippen LogP contribution in [-0.2, 0) is 21.4 Å². The molecule has 0 radical (unpaired) electrons. The number of hydrogen-bond donors (Lipinski definition) is 0. The number of ether oxygens (including phenoxy) is 1. The van der Waals surface area contributed by atoms with Gasteiger partial charge >= 0.3 is 0 Å². The van der Waals surface area contributed by atoms with Gasteiger partial charge in [-0.25, -0.2) is 12.8 Å². The first-order valence-electron chi connectivity index (χ1n) is 12.5. The van der Waals surface area contributed by atoms with E-state index in [1.165, 1.54) is 16.4 Å². The Morgan fingerprint density at radius 3 is 2.24 bits per heavy atom. The molecule has 1 saturated heterocycles. The van der Waals surface area contributed by atoms with Crippen LogP contribution in [-0.4, -0.2) is 43.7 Å². The molecule has 0 aliphatic carbocycles. The topological polar surface area (TPSA) is 66.9 Å². The smallest absolute Gasteiger partial charge is 0.243 e. The molecule has 38 heavy (non-hydrogen) atoms. The molecule has 0 aromatic heterocycles. The lowest BCUT2D eigenvalue weighted by Crippen LogP contribution is -2.43. The highest BCUT2D eigenvalue weighted by molar-refractivity contribution is 9.10. The molecular weight excluding hydrogens is 571 g/mol. The molecule has 1 aliphatic rings. The van der Waals surface area contributed by atoms with Gasteiger partial charge in [0.15, 0.2) is 0 Å². The van der Waals surface area contributed by atoms with E-state index in [2.05, 4.69) is 15.9 Å². The highest BCUT2D eigenvalue weighted by Gasteiger charge is 2.34. The molecule has 9 heteroatoms. The first-order valence-corrected chi connectivity index (χ1v) is 14.7. The van der Waals surface area contributed by atoms with Crippen molar-refractivity contribution in [3.05, 3.63) is 87.1 Å². The van der Waals surface area contributed by atoms with Crippen LogP contribution in [0.15, 0.2) is 64.0 Å². The number of amides is 1. The van der Waals surface area contributed by atoms with E-state index in [1.54, 1.807) is 30.1 Å². The Morgan fingerprint density at radius 2 is 1.63 bits per heavy atom. The number of nitrogens with zero attached hydrogens (tertiary/aromatic N) is 2. The predicted octanol–water partition coefficient (Wildman–Crippen LogP) is 6.37. The normalized spacial score (nSPS) is 14.9. The van der Waals surface area contributed by atoms with E-state index in [-0.39, 0.29) is 31.5 Å². The Kier molecular flexibility index (Phi) is 8.59. The molecule has 0 atom stereocenters. The number of sulfonamides is 1. The number of benzene rings is 3. The van der Waals surface area contributed by atoms with Gasteiger partial charge in [-0.05, 0) is 87.2 Å². The number of piperidine rings is 1. The second-order valence-electron chi connectivity index (χ2n) is 9.91. The van der Waals surface area contributed by atoms with Gasteiger partial charge in [0.1, 0.15) is 17.3 Å². The van der Waals surface area contributed by atoms with Gasteiger partial charge < -0.3 is 9.64 Å². The third kappa shape index (κ3) is 6.27. The van der Waals surface area contributed by atoms with Crippen LogP contribution in [0.1, 0.15) is 35.1 Å². The van der Waals surface area contributed by atoms with Crippen molar-refractivity contribution in [2.24, 2.45) is 5.92 Å². The van der Waals surface area contributed by atoms with Crippen molar-refractivity contribution >= 4 is 31.9 Å². The monoisotopic (exact) mass is 602 g/mol. The van der Waals surface area contributed by atoms with Crippen molar-refractivity contribution in [3.63, 3.8) is 0 Å². The fourth-order valence-corrected chi connectivity index (χ4v) is 7.24. The molecule has 3 aromatic carbocycles. The molecule has 3 aromatic rings. The summed E-state index contributed by atoms with van der Waals surface area (Å²) in [5.74, 6) is 0.254. The fourth-order valence-electron chi connectivity index (χ4n) is 5.09. The van der Waals surface area contributed by atoms with Crippen molar-refractivity contribution < 1.29 is 22.3 Å². The molecule has 1 amide bonds. The summed E-state index contributed by atoms with van der Waals surface area (Å²) in [6, 6.07) is 15.3. The third-order valence-corrected chi connectivity index (χ3v) is 9.59. The van der Waals surface area contributed by atoms with Crippen LogP contribution in [0.25, 0.3) is 0 Å². The van der Waals surface area contributed by atoms with Crippen LogP contribution in [0.5, 0.6) is 11.5 Å².